The molecule has 0 unspecified atom stereocenters. The molecule has 21 heavy (non-hydrogen) atoms. The average Bonchev–Trinajstić information content (AvgIpc) is 2.79. The van der Waals surface area contributed by atoms with Gasteiger partial charge in [0.15, 0.2) is 5.16 Å². The maximum absolute atomic E-state index is 11.6. The summed E-state index contributed by atoms with van der Waals surface area (Å²) < 4.78 is 1.59. The van der Waals surface area contributed by atoms with Crippen molar-refractivity contribution in [3.05, 3.63) is 22.4 Å². The Hall–Kier alpha value is -1.83. The molecule has 0 radical (unpaired) electrons. The largest absolute Gasteiger partial charge is 0.370 e. The summed E-state index contributed by atoms with van der Waals surface area (Å²) in [6.45, 7) is 9.50. The van der Waals surface area contributed by atoms with Gasteiger partial charge in [-0.05, 0) is 31.5 Å². The Morgan fingerprint density at radius 1 is 1.38 bits per heavy atom. The number of nitrogens with one attached hydrogen (secondary N) is 2. The van der Waals surface area contributed by atoms with E-state index in [2.05, 4.69) is 39.3 Å². The summed E-state index contributed by atoms with van der Waals surface area (Å²) in [5, 5.41) is 11.2. The molecule has 2 aromatic rings. The highest BCUT2D eigenvalue weighted by atomic mass is 32.2. The number of nitrogens with zero attached hydrogens (tertiary/aromatic N) is 4. The second-order valence-electron chi connectivity index (χ2n) is 4.78. The van der Waals surface area contributed by atoms with E-state index in [9.17, 15) is 4.79 Å². The van der Waals surface area contributed by atoms with E-state index in [-0.39, 0.29) is 11.6 Å². The molecule has 0 fully saturated rings. The molecule has 7 nitrogen and oxygen atoms in total. The minimum absolute atomic E-state index is 0.202. The molecule has 0 saturated heterocycles. The van der Waals surface area contributed by atoms with Crippen molar-refractivity contribution in [2.75, 3.05) is 11.9 Å². The van der Waals surface area contributed by atoms with Crippen LogP contribution in [0.3, 0.4) is 0 Å². The van der Waals surface area contributed by atoms with Gasteiger partial charge in [0.1, 0.15) is 17.2 Å². The van der Waals surface area contributed by atoms with Crippen LogP contribution in [0, 0.1) is 0 Å². The topological polar surface area (TPSA) is 88.5 Å². The lowest BCUT2D eigenvalue weighted by Crippen LogP contribution is -2.16. The Bertz CT molecular complexity index is 663. The van der Waals surface area contributed by atoms with Crippen molar-refractivity contribution in [1.29, 1.82) is 0 Å². The molecular formula is C13H20N6OS. The van der Waals surface area contributed by atoms with Crippen molar-refractivity contribution in [1.82, 2.24) is 24.7 Å². The normalized spacial score (nSPS) is 11.1. The zero-order valence-electron chi connectivity index (χ0n) is 12.7. The lowest BCUT2D eigenvalue weighted by atomic mass is 10.1. The first-order chi connectivity index (χ1) is 10.1. The van der Waals surface area contributed by atoms with E-state index in [4.69, 9.17) is 0 Å². The van der Waals surface area contributed by atoms with Gasteiger partial charge in [-0.3, -0.25) is 4.57 Å². The SMILES string of the molecule is CCNc1ncnc(Sc2n[nH]c(=O)n2CC)c1C(C)C. The number of H-pyrrole nitrogens is 1. The number of aromatic nitrogens is 5. The monoisotopic (exact) mass is 308 g/mol. The minimum Gasteiger partial charge on any atom is -0.370 e. The van der Waals surface area contributed by atoms with Gasteiger partial charge in [0.05, 0.1) is 0 Å². The second-order valence-corrected chi connectivity index (χ2v) is 5.74. The summed E-state index contributed by atoms with van der Waals surface area (Å²) in [7, 11) is 0. The van der Waals surface area contributed by atoms with Crippen LogP contribution in [0.1, 0.15) is 39.2 Å². The van der Waals surface area contributed by atoms with Crippen molar-refractivity contribution in [2.45, 2.75) is 50.3 Å². The van der Waals surface area contributed by atoms with Gasteiger partial charge in [-0.25, -0.2) is 19.9 Å². The molecule has 0 amide bonds. The number of hydrogen-bond donors (Lipinski definition) is 2. The van der Waals surface area contributed by atoms with Crippen LogP contribution in [0.5, 0.6) is 0 Å². The highest BCUT2D eigenvalue weighted by Crippen LogP contribution is 2.34. The second kappa shape index (κ2) is 6.75. The van der Waals surface area contributed by atoms with E-state index in [1.54, 1.807) is 4.57 Å². The quantitative estimate of drug-likeness (QED) is 0.794. The van der Waals surface area contributed by atoms with E-state index in [0.29, 0.717) is 11.7 Å². The molecule has 2 N–H and O–H groups in total. The molecule has 0 bridgehead atoms. The Morgan fingerprint density at radius 3 is 2.76 bits per heavy atom. The fourth-order valence-electron chi connectivity index (χ4n) is 2.04. The van der Waals surface area contributed by atoms with Gasteiger partial charge in [-0.15, -0.1) is 5.10 Å². The molecule has 0 aromatic carbocycles. The van der Waals surface area contributed by atoms with Crippen LogP contribution in [0.2, 0.25) is 0 Å². The first-order valence-electron chi connectivity index (χ1n) is 7.00. The molecule has 0 atom stereocenters. The Labute approximate surface area is 127 Å². The molecule has 0 aliphatic carbocycles. The zero-order chi connectivity index (χ0) is 15.4. The van der Waals surface area contributed by atoms with Crippen molar-refractivity contribution in [3.8, 4) is 0 Å². The molecule has 0 saturated carbocycles. The van der Waals surface area contributed by atoms with Gasteiger partial charge in [-0.1, -0.05) is 13.8 Å². The number of hydrogen-bond acceptors (Lipinski definition) is 6. The number of rotatable bonds is 6. The third-order valence-corrected chi connectivity index (χ3v) is 4.01. The van der Waals surface area contributed by atoms with Crippen molar-refractivity contribution in [3.63, 3.8) is 0 Å². The predicted octanol–water partition coefficient (Wildman–Crippen LogP) is 2.09. The molecule has 2 heterocycles. The zero-order valence-corrected chi connectivity index (χ0v) is 13.5. The number of anilines is 1. The van der Waals surface area contributed by atoms with Crippen LogP contribution in [0.4, 0.5) is 5.82 Å². The van der Waals surface area contributed by atoms with E-state index >= 15 is 0 Å². The lowest BCUT2D eigenvalue weighted by molar-refractivity contribution is 0.659. The Balaban J connectivity index is 2.43. The van der Waals surface area contributed by atoms with E-state index in [1.165, 1.54) is 18.1 Å². The third-order valence-electron chi connectivity index (χ3n) is 3.00. The maximum atomic E-state index is 11.6. The van der Waals surface area contributed by atoms with Gasteiger partial charge in [0.2, 0.25) is 0 Å². The van der Waals surface area contributed by atoms with Gasteiger partial charge >= 0.3 is 5.69 Å². The van der Waals surface area contributed by atoms with Crippen LogP contribution >= 0.6 is 11.8 Å². The summed E-state index contributed by atoms with van der Waals surface area (Å²) in [6.07, 6.45) is 1.53. The highest BCUT2D eigenvalue weighted by Gasteiger charge is 2.18. The van der Waals surface area contributed by atoms with Crippen LogP contribution in [-0.4, -0.2) is 31.3 Å². The highest BCUT2D eigenvalue weighted by molar-refractivity contribution is 7.99. The van der Waals surface area contributed by atoms with E-state index < -0.39 is 0 Å². The van der Waals surface area contributed by atoms with Crippen LogP contribution in [0.25, 0.3) is 0 Å². The molecule has 0 aliphatic heterocycles. The van der Waals surface area contributed by atoms with Crippen LogP contribution in [-0.2, 0) is 6.54 Å². The van der Waals surface area contributed by atoms with Gasteiger partial charge < -0.3 is 5.32 Å². The third kappa shape index (κ3) is 3.26. The molecule has 8 heteroatoms. The van der Waals surface area contributed by atoms with E-state index in [0.717, 1.165) is 23.0 Å². The average molecular weight is 308 g/mol. The molecule has 0 spiro atoms. The van der Waals surface area contributed by atoms with Gasteiger partial charge in [-0.2, -0.15) is 0 Å². The summed E-state index contributed by atoms with van der Waals surface area (Å²) in [5.74, 6) is 1.11. The maximum Gasteiger partial charge on any atom is 0.343 e. The summed E-state index contributed by atoms with van der Waals surface area (Å²) in [5.41, 5.74) is 0.842. The van der Waals surface area contributed by atoms with Crippen LogP contribution < -0.4 is 11.0 Å². The first-order valence-corrected chi connectivity index (χ1v) is 7.81. The summed E-state index contributed by atoms with van der Waals surface area (Å²) >= 11 is 1.38. The van der Waals surface area contributed by atoms with Crippen molar-refractivity contribution in [2.24, 2.45) is 0 Å². The molecule has 2 rings (SSSR count). The molecular weight excluding hydrogens is 288 g/mol. The molecule has 114 valence electrons. The van der Waals surface area contributed by atoms with Crippen LogP contribution in [0.15, 0.2) is 21.3 Å². The lowest BCUT2D eigenvalue weighted by Gasteiger charge is -2.15. The minimum atomic E-state index is -0.202. The van der Waals surface area contributed by atoms with E-state index in [1.807, 2.05) is 13.8 Å². The Kier molecular flexibility index (Phi) is 5.00. The standard InChI is InChI=1S/C13H20N6OS/c1-5-14-10-9(8(3)4)11(16-7-15-10)21-13-18-17-12(20)19(13)6-2/h7-8H,5-6H2,1-4H3,(H,17,20)(H,14,15,16). The van der Waals surface area contributed by atoms with Crippen molar-refractivity contribution >= 4 is 17.6 Å². The fourth-order valence-corrected chi connectivity index (χ4v) is 3.16. The van der Waals surface area contributed by atoms with Crippen molar-refractivity contribution < 1.29 is 0 Å². The Morgan fingerprint density at radius 2 is 2.14 bits per heavy atom. The fraction of sp³-hybridized carbons (Fsp3) is 0.538. The van der Waals surface area contributed by atoms with Gasteiger partial charge in [0.25, 0.3) is 0 Å². The first kappa shape index (κ1) is 15.6. The summed E-state index contributed by atoms with van der Waals surface area (Å²) in [4.78, 5) is 20.3. The number of aromatic amines is 1. The predicted molar refractivity (Wildman–Crippen MR) is 82.9 cm³/mol. The smallest absolute Gasteiger partial charge is 0.343 e. The molecule has 0 aliphatic rings. The summed E-state index contributed by atoms with van der Waals surface area (Å²) in [6, 6.07) is 0. The molecule has 2 aromatic heterocycles. The van der Waals surface area contributed by atoms with Gasteiger partial charge in [0, 0.05) is 18.7 Å².